The van der Waals surface area contributed by atoms with Crippen LogP contribution in [0.1, 0.15) is 43.4 Å². The van der Waals surface area contributed by atoms with Gasteiger partial charge in [0.05, 0.1) is 0 Å². The van der Waals surface area contributed by atoms with Crippen LogP contribution in [-0.2, 0) is 6.42 Å². The van der Waals surface area contributed by atoms with Crippen LogP contribution in [0.3, 0.4) is 0 Å². The molecule has 1 unspecified atom stereocenters. The Balaban J connectivity index is 2.85. The highest BCUT2D eigenvalue weighted by Gasteiger charge is 2.22. The summed E-state index contributed by atoms with van der Waals surface area (Å²) in [5.41, 5.74) is 4.62. The summed E-state index contributed by atoms with van der Waals surface area (Å²) in [5, 5.41) is 3.34. The van der Waals surface area contributed by atoms with Gasteiger partial charge in [-0.15, -0.1) is 0 Å². The van der Waals surface area contributed by atoms with Gasteiger partial charge in [-0.25, -0.2) is 0 Å². The zero-order valence-corrected chi connectivity index (χ0v) is 12.1. The molecule has 0 amide bonds. The van der Waals surface area contributed by atoms with Gasteiger partial charge in [-0.2, -0.15) is 0 Å². The van der Waals surface area contributed by atoms with Crippen molar-refractivity contribution in [2.45, 2.75) is 47.0 Å². The Morgan fingerprint density at radius 3 is 2.18 bits per heavy atom. The number of aryl methyl sites for hydroxylation is 2. The molecule has 1 nitrogen and oxygen atoms in total. The van der Waals surface area contributed by atoms with Crippen molar-refractivity contribution < 1.29 is 0 Å². The van der Waals surface area contributed by atoms with E-state index in [1.807, 2.05) is 0 Å². The lowest BCUT2D eigenvalue weighted by molar-refractivity contribution is 0.283. The van der Waals surface area contributed by atoms with E-state index in [0.29, 0.717) is 5.41 Å². The Morgan fingerprint density at radius 1 is 1.12 bits per heavy atom. The van der Waals surface area contributed by atoms with Crippen molar-refractivity contribution in [1.82, 2.24) is 5.32 Å². The average molecular weight is 233 g/mol. The summed E-state index contributed by atoms with van der Waals surface area (Å²) < 4.78 is 0. The topological polar surface area (TPSA) is 12.0 Å². The maximum atomic E-state index is 3.34. The summed E-state index contributed by atoms with van der Waals surface area (Å²) in [6, 6.07) is 6.91. The number of hydrogen-bond acceptors (Lipinski definition) is 1. The van der Waals surface area contributed by atoms with Crippen molar-refractivity contribution in [1.29, 1.82) is 0 Å². The Labute approximate surface area is 107 Å². The van der Waals surface area contributed by atoms with E-state index in [1.165, 1.54) is 36.0 Å². The number of hydrogen-bond donors (Lipinski definition) is 1. The molecule has 0 aliphatic heterocycles. The highest BCUT2D eigenvalue weighted by atomic mass is 14.8. The highest BCUT2D eigenvalue weighted by molar-refractivity contribution is 5.29. The van der Waals surface area contributed by atoms with Crippen LogP contribution in [0.2, 0.25) is 0 Å². The van der Waals surface area contributed by atoms with Crippen LogP contribution in [0.15, 0.2) is 18.2 Å². The van der Waals surface area contributed by atoms with Crippen LogP contribution in [0.5, 0.6) is 0 Å². The summed E-state index contributed by atoms with van der Waals surface area (Å²) in [5.74, 6) is 0. The van der Waals surface area contributed by atoms with Crippen LogP contribution in [-0.4, -0.2) is 13.6 Å². The molecule has 1 aromatic rings. The molecule has 1 heteroatoms. The predicted molar refractivity (Wildman–Crippen MR) is 76.6 cm³/mol. The van der Waals surface area contributed by atoms with Gasteiger partial charge < -0.3 is 5.32 Å². The zero-order valence-electron chi connectivity index (χ0n) is 12.1. The van der Waals surface area contributed by atoms with Crippen LogP contribution in [0.25, 0.3) is 0 Å². The predicted octanol–water partition coefficient (Wildman–Crippen LogP) is 3.87. The van der Waals surface area contributed by atoms with Crippen molar-refractivity contribution in [2.24, 2.45) is 5.41 Å². The van der Waals surface area contributed by atoms with E-state index in [-0.39, 0.29) is 0 Å². The maximum absolute atomic E-state index is 3.34. The maximum Gasteiger partial charge on any atom is 0.000534 e. The molecule has 0 aromatic heterocycles. The van der Waals surface area contributed by atoms with Crippen molar-refractivity contribution in [2.75, 3.05) is 13.6 Å². The minimum atomic E-state index is 0.379. The molecular weight excluding hydrogens is 206 g/mol. The van der Waals surface area contributed by atoms with Gasteiger partial charge in [0.2, 0.25) is 0 Å². The molecule has 0 fully saturated rings. The van der Waals surface area contributed by atoms with E-state index in [0.717, 1.165) is 6.54 Å². The fraction of sp³-hybridized carbons (Fsp3) is 0.625. The van der Waals surface area contributed by atoms with Gasteiger partial charge in [0, 0.05) is 6.54 Å². The lowest BCUT2D eigenvalue weighted by atomic mass is 9.79. The zero-order chi connectivity index (χ0) is 12.9. The quantitative estimate of drug-likeness (QED) is 0.786. The Bertz CT molecular complexity index is 328. The molecule has 0 saturated heterocycles. The smallest absolute Gasteiger partial charge is 0.000534 e. The lowest BCUT2D eigenvalue weighted by Crippen LogP contribution is -2.31. The second-order valence-electron chi connectivity index (χ2n) is 5.76. The van der Waals surface area contributed by atoms with Crippen LogP contribution < -0.4 is 5.32 Å². The van der Waals surface area contributed by atoms with Crippen molar-refractivity contribution in [3.8, 4) is 0 Å². The molecule has 0 heterocycles. The molecule has 0 spiro atoms. The van der Waals surface area contributed by atoms with E-state index in [4.69, 9.17) is 0 Å². The molecule has 0 aliphatic rings. The SMILES string of the molecule is CCCC(C)(CNC)Cc1cc(C)cc(C)c1. The average Bonchev–Trinajstić information content (AvgIpc) is 2.15. The van der Waals surface area contributed by atoms with Crippen LogP contribution >= 0.6 is 0 Å². The molecule has 1 aromatic carbocycles. The monoisotopic (exact) mass is 233 g/mol. The van der Waals surface area contributed by atoms with Crippen molar-refractivity contribution >= 4 is 0 Å². The molecule has 0 saturated carbocycles. The first-order chi connectivity index (χ1) is 7.99. The van der Waals surface area contributed by atoms with Gasteiger partial charge in [-0.3, -0.25) is 0 Å². The largest absolute Gasteiger partial charge is 0.319 e. The number of nitrogens with one attached hydrogen (secondary N) is 1. The van der Waals surface area contributed by atoms with Gasteiger partial charge in [0.25, 0.3) is 0 Å². The highest BCUT2D eigenvalue weighted by Crippen LogP contribution is 2.28. The van der Waals surface area contributed by atoms with Gasteiger partial charge in [-0.1, -0.05) is 49.6 Å². The third-order valence-electron chi connectivity index (χ3n) is 3.37. The fourth-order valence-electron chi connectivity index (χ4n) is 2.93. The van der Waals surface area contributed by atoms with Gasteiger partial charge in [0.15, 0.2) is 0 Å². The van der Waals surface area contributed by atoms with Crippen LogP contribution in [0.4, 0.5) is 0 Å². The van der Waals surface area contributed by atoms with E-state index >= 15 is 0 Å². The van der Waals surface area contributed by atoms with Crippen molar-refractivity contribution in [3.63, 3.8) is 0 Å². The first-order valence-corrected chi connectivity index (χ1v) is 6.71. The molecule has 0 aliphatic carbocycles. The van der Waals surface area contributed by atoms with Gasteiger partial charge in [0.1, 0.15) is 0 Å². The van der Waals surface area contributed by atoms with E-state index in [1.54, 1.807) is 0 Å². The minimum Gasteiger partial charge on any atom is -0.319 e. The first kappa shape index (κ1) is 14.2. The number of rotatable bonds is 6. The molecule has 0 bridgehead atoms. The first-order valence-electron chi connectivity index (χ1n) is 6.71. The summed E-state index contributed by atoms with van der Waals surface area (Å²) >= 11 is 0. The Kier molecular flexibility index (Phi) is 5.20. The Hall–Kier alpha value is -0.820. The lowest BCUT2D eigenvalue weighted by Gasteiger charge is -2.29. The molecule has 1 rings (SSSR count). The molecule has 0 radical (unpaired) electrons. The fourth-order valence-corrected chi connectivity index (χ4v) is 2.93. The van der Waals surface area contributed by atoms with Crippen molar-refractivity contribution in [3.05, 3.63) is 34.9 Å². The van der Waals surface area contributed by atoms with E-state index in [9.17, 15) is 0 Å². The summed E-state index contributed by atoms with van der Waals surface area (Å²) in [6.45, 7) is 10.1. The molecule has 1 N–H and O–H groups in total. The molecule has 17 heavy (non-hydrogen) atoms. The molecule has 96 valence electrons. The van der Waals surface area contributed by atoms with E-state index in [2.05, 4.69) is 58.3 Å². The Morgan fingerprint density at radius 2 is 1.71 bits per heavy atom. The van der Waals surface area contributed by atoms with Crippen LogP contribution in [0, 0.1) is 19.3 Å². The van der Waals surface area contributed by atoms with Gasteiger partial charge >= 0.3 is 0 Å². The standard InChI is InChI=1S/C16H27N/c1-6-7-16(4,12-17-5)11-15-9-13(2)8-14(3)10-15/h8-10,17H,6-7,11-12H2,1-5H3. The summed E-state index contributed by atoms with van der Waals surface area (Å²) in [7, 11) is 2.05. The summed E-state index contributed by atoms with van der Waals surface area (Å²) in [4.78, 5) is 0. The minimum absolute atomic E-state index is 0.379. The second-order valence-corrected chi connectivity index (χ2v) is 5.76. The summed E-state index contributed by atoms with van der Waals surface area (Å²) in [6.07, 6.45) is 3.70. The van der Waals surface area contributed by atoms with Gasteiger partial charge in [-0.05, 0) is 44.7 Å². The third-order valence-corrected chi connectivity index (χ3v) is 3.37. The normalized spacial score (nSPS) is 14.6. The molecular formula is C16H27N. The second kappa shape index (κ2) is 6.20. The third kappa shape index (κ3) is 4.51. The number of benzene rings is 1. The molecule has 1 atom stereocenters. The van der Waals surface area contributed by atoms with E-state index < -0.39 is 0 Å².